The van der Waals surface area contributed by atoms with Gasteiger partial charge in [-0.25, -0.2) is 0 Å². The van der Waals surface area contributed by atoms with Crippen LogP contribution >= 0.6 is 0 Å². The molecule has 0 fully saturated rings. The molecule has 17 heavy (non-hydrogen) atoms. The second-order valence-corrected chi connectivity index (χ2v) is 3.99. The SMILES string of the molecule is CC#CCCCN(COC)Cc1ccccc1. The first-order valence-corrected chi connectivity index (χ1v) is 6.01. The lowest BCUT2D eigenvalue weighted by atomic mass is 10.2. The Hall–Kier alpha value is -1.30. The molecule has 2 heteroatoms. The Morgan fingerprint density at radius 3 is 2.65 bits per heavy atom. The highest BCUT2D eigenvalue weighted by Gasteiger charge is 2.04. The number of methoxy groups -OCH3 is 1. The van der Waals surface area contributed by atoms with Gasteiger partial charge >= 0.3 is 0 Å². The number of ether oxygens (including phenoxy) is 1. The summed E-state index contributed by atoms with van der Waals surface area (Å²) in [5, 5.41) is 0. The van der Waals surface area contributed by atoms with Crippen LogP contribution in [0.3, 0.4) is 0 Å². The fourth-order valence-electron chi connectivity index (χ4n) is 1.73. The van der Waals surface area contributed by atoms with Gasteiger partial charge in [-0.3, -0.25) is 4.90 Å². The molecule has 1 aromatic rings. The van der Waals surface area contributed by atoms with E-state index >= 15 is 0 Å². The molecule has 0 aliphatic rings. The number of rotatable bonds is 7. The van der Waals surface area contributed by atoms with Crippen molar-refractivity contribution >= 4 is 0 Å². The highest BCUT2D eigenvalue weighted by molar-refractivity contribution is 5.14. The van der Waals surface area contributed by atoms with Crippen LogP contribution in [0.15, 0.2) is 30.3 Å². The first-order valence-electron chi connectivity index (χ1n) is 6.01. The van der Waals surface area contributed by atoms with Crippen LogP contribution in [0.5, 0.6) is 0 Å². The van der Waals surface area contributed by atoms with E-state index in [1.807, 2.05) is 13.0 Å². The Morgan fingerprint density at radius 2 is 2.00 bits per heavy atom. The second kappa shape index (κ2) is 8.81. The first-order chi connectivity index (χ1) is 8.36. The van der Waals surface area contributed by atoms with Crippen LogP contribution in [0, 0.1) is 11.8 Å². The van der Waals surface area contributed by atoms with Crippen molar-refractivity contribution in [2.75, 3.05) is 20.4 Å². The van der Waals surface area contributed by atoms with Crippen molar-refractivity contribution in [3.05, 3.63) is 35.9 Å². The molecule has 0 heterocycles. The molecule has 92 valence electrons. The molecule has 2 nitrogen and oxygen atoms in total. The molecule has 0 unspecified atom stereocenters. The lowest BCUT2D eigenvalue weighted by molar-refractivity contribution is 0.0573. The summed E-state index contributed by atoms with van der Waals surface area (Å²) in [7, 11) is 1.74. The quantitative estimate of drug-likeness (QED) is 0.406. The number of nitrogens with zero attached hydrogens (tertiary/aromatic N) is 1. The van der Waals surface area contributed by atoms with E-state index in [0.717, 1.165) is 25.9 Å². The number of benzene rings is 1. The van der Waals surface area contributed by atoms with Gasteiger partial charge in [-0.1, -0.05) is 30.3 Å². The molecule has 0 amide bonds. The number of unbranched alkanes of at least 4 members (excludes halogenated alkanes) is 1. The average Bonchev–Trinajstić information content (AvgIpc) is 2.36. The fraction of sp³-hybridized carbons (Fsp3) is 0.467. The minimum atomic E-state index is 0.675. The smallest absolute Gasteiger partial charge is 0.0989 e. The summed E-state index contributed by atoms with van der Waals surface area (Å²) in [4.78, 5) is 2.30. The maximum Gasteiger partial charge on any atom is 0.0989 e. The number of hydrogen-bond acceptors (Lipinski definition) is 2. The van der Waals surface area contributed by atoms with E-state index < -0.39 is 0 Å². The van der Waals surface area contributed by atoms with E-state index in [4.69, 9.17) is 4.74 Å². The molecule has 0 saturated heterocycles. The molecule has 1 aromatic carbocycles. The van der Waals surface area contributed by atoms with E-state index in [0.29, 0.717) is 6.73 Å². The van der Waals surface area contributed by atoms with Crippen molar-refractivity contribution < 1.29 is 4.74 Å². The molecular formula is C15H21NO. The third kappa shape index (κ3) is 6.11. The van der Waals surface area contributed by atoms with Gasteiger partial charge in [0.2, 0.25) is 0 Å². The predicted molar refractivity (Wildman–Crippen MR) is 71.4 cm³/mol. The van der Waals surface area contributed by atoms with Gasteiger partial charge < -0.3 is 4.74 Å². The van der Waals surface area contributed by atoms with Crippen LogP contribution in [0.2, 0.25) is 0 Å². The van der Waals surface area contributed by atoms with Crippen LogP contribution in [0.4, 0.5) is 0 Å². The molecular weight excluding hydrogens is 210 g/mol. The minimum absolute atomic E-state index is 0.675. The van der Waals surface area contributed by atoms with E-state index in [2.05, 4.69) is 41.0 Å². The highest BCUT2D eigenvalue weighted by Crippen LogP contribution is 2.05. The van der Waals surface area contributed by atoms with Crippen LogP contribution in [0.1, 0.15) is 25.3 Å². The molecule has 0 spiro atoms. The topological polar surface area (TPSA) is 12.5 Å². The molecule has 0 aromatic heterocycles. The molecule has 0 aliphatic carbocycles. The van der Waals surface area contributed by atoms with E-state index in [1.54, 1.807) is 7.11 Å². The van der Waals surface area contributed by atoms with Crippen molar-refractivity contribution in [2.45, 2.75) is 26.3 Å². The van der Waals surface area contributed by atoms with Crippen molar-refractivity contribution in [2.24, 2.45) is 0 Å². The summed E-state index contributed by atoms with van der Waals surface area (Å²) in [6.45, 7) is 4.52. The standard InChI is InChI=1S/C15H21NO/c1-3-4-5-9-12-16(14-17-2)13-15-10-7-6-8-11-15/h6-8,10-11H,5,9,12-14H2,1-2H3. The summed E-state index contributed by atoms with van der Waals surface area (Å²) < 4.78 is 5.22. The lowest BCUT2D eigenvalue weighted by Crippen LogP contribution is -2.26. The maximum atomic E-state index is 5.22. The van der Waals surface area contributed by atoms with Gasteiger partial charge in [-0.05, 0) is 18.9 Å². The Kier molecular flexibility index (Phi) is 7.13. The Morgan fingerprint density at radius 1 is 1.24 bits per heavy atom. The minimum Gasteiger partial charge on any atom is -0.369 e. The maximum absolute atomic E-state index is 5.22. The van der Waals surface area contributed by atoms with Crippen LogP contribution in [-0.2, 0) is 11.3 Å². The third-order valence-corrected chi connectivity index (χ3v) is 2.51. The van der Waals surface area contributed by atoms with Crippen molar-refractivity contribution in [1.82, 2.24) is 4.90 Å². The van der Waals surface area contributed by atoms with Gasteiger partial charge in [0.25, 0.3) is 0 Å². The Labute approximate surface area is 105 Å². The first kappa shape index (κ1) is 13.8. The molecule has 0 bridgehead atoms. The van der Waals surface area contributed by atoms with Gasteiger partial charge in [0.05, 0.1) is 6.73 Å². The van der Waals surface area contributed by atoms with E-state index in [1.165, 1.54) is 5.56 Å². The molecule has 0 atom stereocenters. The Bertz CT molecular complexity index is 350. The summed E-state index contributed by atoms with van der Waals surface area (Å²) in [5.74, 6) is 6.02. The van der Waals surface area contributed by atoms with Gasteiger partial charge in [-0.15, -0.1) is 11.8 Å². The fourth-order valence-corrected chi connectivity index (χ4v) is 1.73. The summed E-state index contributed by atoms with van der Waals surface area (Å²) in [5.41, 5.74) is 1.33. The monoisotopic (exact) mass is 231 g/mol. The molecule has 0 aliphatic heterocycles. The predicted octanol–water partition coefficient (Wildman–Crippen LogP) is 2.90. The summed E-state index contributed by atoms with van der Waals surface area (Å²) in [6.07, 6.45) is 2.06. The van der Waals surface area contributed by atoms with E-state index in [-0.39, 0.29) is 0 Å². The average molecular weight is 231 g/mol. The van der Waals surface area contributed by atoms with Crippen LogP contribution in [0.25, 0.3) is 0 Å². The normalized spacial score (nSPS) is 10.1. The summed E-state index contributed by atoms with van der Waals surface area (Å²) in [6, 6.07) is 10.5. The molecule has 0 radical (unpaired) electrons. The van der Waals surface area contributed by atoms with Crippen LogP contribution in [-0.4, -0.2) is 25.3 Å². The van der Waals surface area contributed by atoms with Gasteiger partial charge in [0, 0.05) is 26.6 Å². The van der Waals surface area contributed by atoms with Crippen molar-refractivity contribution in [3.8, 4) is 11.8 Å². The van der Waals surface area contributed by atoms with Crippen molar-refractivity contribution in [1.29, 1.82) is 0 Å². The molecule has 1 rings (SSSR count). The largest absolute Gasteiger partial charge is 0.369 e. The zero-order chi connectivity index (χ0) is 12.3. The van der Waals surface area contributed by atoms with Gasteiger partial charge in [-0.2, -0.15) is 0 Å². The van der Waals surface area contributed by atoms with Gasteiger partial charge in [0.15, 0.2) is 0 Å². The van der Waals surface area contributed by atoms with E-state index in [9.17, 15) is 0 Å². The third-order valence-electron chi connectivity index (χ3n) is 2.51. The summed E-state index contributed by atoms with van der Waals surface area (Å²) >= 11 is 0. The molecule has 0 N–H and O–H groups in total. The van der Waals surface area contributed by atoms with Crippen LogP contribution < -0.4 is 0 Å². The van der Waals surface area contributed by atoms with Crippen molar-refractivity contribution in [3.63, 3.8) is 0 Å². The number of hydrogen-bond donors (Lipinski definition) is 0. The zero-order valence-electron chi connectivity index (χ0n) is 10.8. The zero-order valence-corrected chi connectivity index (χ0v) is 10.8. The lowest BCUT2D eigenvalue weighted by Gasteiger charge is -2.20. The highest BCUT2D eigenvalue weighted by atomic mass is 16.5. The van der Waals surface area contributed by atoms with Gasteiger partial charge in [0.1, 0.15) is 0 Å². The second-order valence-electron chi connectivity index (χ2n) is 3.99. The molecule has 0 saturated carbocycles. The Balaban J connectivity index is 2.39.